The predicted molar refractivity (Wildman–Crippen MR) is 71.6 cm³/mol. The lowest BCUT2D eigenvalue weighted by Gasteiger charge is -2.11. The Morgan fingerprint density at radius 1 is 1.44 bits per heavy atom. The average Bonchev–Trinajstić information content (AvgIpc) is 2.29. The number of hydrogen-bond acceptors (Lipinski definition) is 4. The number of aryl methyl sites for hydroxylation is 1. The van der Waals surface area contributed by atoms with Gasteiger partial charge in [0.1, 0.15) is 0 Å². The maximum Gasteiger partial charge on any atom is 0.160 e. The number of ether oxygens (including phenoxy) is 1. The molecule has 0 aliphatic heterocycles. The first-order valence-corrected chi connectivity index (χ1v) is 6.90. The SMILES string of the molecule is COc1cnc(C)cc1NCCCCSC. The molecular formula is C12H20N2OS. The average molecular weight is 240 g/mol. The van der Waals surface area contributed by atoms with Gasteiger partial charge < -0.3 is 10.1 Å². The molecule has 0 radical (unpaired) electrons. The summed E-state index contributed by atoms with van der Waals surface area (Å²) in [5.74, 6) is 2.05. The molecule has 0 saturated carbocycles. The maximum atomic E-state index is 5.25. The van der Waals surface area contributed by atoms with Crippen molar-refractivity contribution in [3.8, 4) is 5.75 Å². The number of anilines is 1. The van der Waals surface area contributed by atoms with E-state index in [4.69, 9.17) is 4.74 Å². The van der Waals surface area contributed by atoms with E-state index in [1.165, 1.54) is 18.6 Å². The van der Waals surface area contributed by atoms with Gasteiger partial charge in [0, 0.05) is 12.2 Å². The van der Waals surface area contributed by atoms with Crippen LogP contribution < -0.4 is 10.1 Å². The van der Waals surface area contributed by atoms with E-state index in [1.54, 1.807) is 13.3 Å². The van der Waals surface area contributed by atoms with E-state index < -0.39 is 0 Å². The van der Waals surface area contributed by atoms with Crippen molar-refractivity contribution in [3.63, 3.8) is 0 Å². The van der Waals surface area contributed by atoms with Crippen LogP contribution in [0.5, 0.6) is 5.75 Å². The van der Waals surface area contributed by atoms with Crippen molar-refractivity contribution in [1.82, 2.24) is 4.98 Å². The van der Waals surface area contributed by atoms with E-state index in [1.807, 2.05) is 24.8 Å². The number of thioether (sulfide) groups is 1. The van der Waals surface area contributed by atoms with Crippen LogP contribution in [0.4, 0.5) is 5.69 Å². The molecule has 0 atom stereocenters. The van der Waals surface area contributed by atoms with Gasteiger partial charge in [-0.1, -0.05) is 0 Å². The minimum absolute atomic E-state index is 0.815. The van der Waals surface area contributed by atoms with Gasteiger partial charge in [0.25, 0.3) is 0 Å². The normalized spacial score (nSPS) is 10.2. The Morgan fingerprint density at radius 3 is 2.94 bits per heavy atom. The smallest absolute Gasteiger partial charge is 0.160 e. The second-order valence-corrected chi connectivity index (χ2v) is 4.64. The van der Waals surface area contributed by atoms with Gasteiger partial charge in [-0.05, 0) is 37.8 Å². The molecule has 16 heavy (non-hydrogen) atoms. The molecule has 4 heteroatoms. The maximum absolute atomic E-state index is 5.25. The van der Waals surface area contributed by atoms with Crippen molar-refractivity contribution in [1.29, 1.82) is 0 Å². The molecule has 1 aromatic rings. The molecule has 0 fully saturated rings. The zero-order chi connectivity index (χ0) is 11.8. The van der Waals surface area contributed by atoms with Crippen molar-refractivity contribution in [2.45, 2.75) is 19.8 Å². The number of nitrogens with one attached hydrogen (secondary N) is 1. The lowest BCUT2D eigenvalue weighted by molar-refractivity contribution is 0.414. The first-order chi connectivity index (χ1) is 7.77. The second-order valence-electron chi connectivity index (χ2n) is 3.65. The van der Waals surface area contributed by atoms with E-state index in [2.05, 4.69) is 16.6 Å². The topological polar surface area (TPSA) is 34.1 Å². The van der Waals surface area contributed by atoms with Gasteiger partial charge in [-0.15, -0.1) is 0 Å². The highest BCUT2D eigenvalue weighted by molar-refractivity contribution is 7.98. The number of hydrogen-bond donors (Lipinski definition) is 1. The van der Waals surface area contributed by atoms with Crippen LogP contribution >= 0.6 is 11.8 Å². The molecule has 0 unspecified atom stereocenters. The monoisotopic (exact) mass is 240 g/mol. The molecule has 1 aromatic heterocycles. The van der Waals surface area contributed by atoms with Crippen LogP contribution in [-0.4, -0.2) is 30.6 Å². The van der Waals surface area contributed by atoms with E-state index in [9.17, 15) is 0 Å². The van der Waals surface area contributed by atoms with Gasteiger partial charge in [0.15, 0.2) is 5.75 Å². The lowest BCUT2D eigenvalue weighted by Crippen LogP contribution is -2.04. The summed E-state index contributed by atoms with van der Waals surface area (Å²) in [4.78, 5) is 4.20. The minimum atomic E-state index is 0.815. The summed E-state index contributed by atoms with van der Waals surface area (Å²) in [7, 11) is 1.67. The van der Waals surface area contributed by atoms with Crippen LogP contribution in [0.2, 0.25) is 0 Å². The van der Waals surface area contributed by atoms with Crippen LogP contribution in [0.25, 0.3) is 0 Å². The quantitative estimate of drug-likeness (QED) is 0.743. The molecule has 0 saturated heterocycles. The van der Waals surface area contributed by atoms with Gasteiger partial charge in [0.05, 0.1) is 19.0 Å². The first kappa shape index (κ1) is 13.2. The molecule has 0 bridgehead atoms. The van der Waals surface area contributed by atoms with Crippen LogP contribution in [0.1, 0.15) is 18.5 Å². The molecular weight excluding hydrogens is 220 g/mol. The van der Waals surface area contributed by atoms with Gasteiger partial charge in [-0.25, -0.2) is 0 Å². The molecule has 0 aliphatic carbocycles. The third kappa shape index (κ3) is 4.31. The van der Waals surface area contributed by atoms with Crippen LogP contribution in [-0.2, 0) is 0 Å². The second kappa shape index (κ2) is 7.39. The zero-order valence-corrected chi connectivity index (χ0v) is 11.1. The Morgan fingerprint density at radius 2 is 2.25 bits per heavy atom. The van der Waals surface area contributed by atoms with Gasteiger partial charge in [-0.3, -0.25) is 4.98 Å². The third-order valence-corrected chi connectivity index (χ3v) is 3.01. The number of methoxy groups -OCH3 is 1. The number of rotatable bonds is 7. The van der Waals surface area contributed by atoms with Crippen LogP contribution in [0, 0.1) is 6.92 Å². The molecule has 1 rings (SSSR count). The predicted octanol–water partition coefficient (Wildman–Crippen LogP) is 2.95. The molecule has 0 aromatic carbocycles. The summed E-state index contributed by atoms with van der Waals surface area (Å²) < 4.78 is 5.25. The van der Waals surface area contributed by atoms with Gasteiger partial charge in [0.2, 0.25) is 0 Å². The molecule has 0 amide bonds. The number of pyridine rings is 1. The summed E-state index contributed by atoms with van der Waals surface area (Å²) in [5.41, 5.74) is 2.05. The fraction of sp³-hybridized carbons (Fsp3) is 0.583. The third-order valence-electron chi connectivity index (χ3n) is 2.31. The van der Waals surface area contributed by atoms with Crippen molar-refractivity contribution in [3.05, 3.63) is 18.0 Å². The Kier molecular flexibility index (Phi) is 6.08. The van der Waals surface area contributed by atoms with Crippen molar-refractivity contribution >= 4 is 17.4 Å². The molecule has 0 aliphatic rings. The summed E-state index contributed by atoms with van der Waals surface area (Å²) in [5, 5.41) is 3.39. The highest BCUT2D eigenvalue weighted by Crippen LogP contribution is 2.23. The van der Waals surface area contributed by atoms with Gasteiger partial charge >= 0.3 is 0 Å². The van der Waals surface area contributed by atoms with E-state index >= 15 is 0 Å². The molecule has 3 nitrogen and oxygen atoms in total. The Hall–Kier alpha value is -0.900. The Balaban J connectivity index is 2.42. The fourth-order valence-corrected chi connectivity index (χ4v) is 1.94. The van der Waals surface area contributed by atoms with E-state index in [0.29, 0.717) is 0 Å². The first-order valence-electron chi connectivity index (χ1n) is 5.51. The lowest BCUT2D eigenvalue weighted by atomic mass is 10.3. The molecule has 1 heterocycles. The fourth-order valence-electron chi connectivity index (χ4n) is 1.44. The number of aromatic nitrogens is 1. The highest BCUT2D eigenvalue weighted by Gasteiger charge is 2.02. The number of unbranched alkanes of at least 4 members (excludes halogenated alkanes) is 1. The largest absolute Gasteiger partial charge is 0.493 e. The summed E-state index contributed by atoms with van der Waals surface area (Å²) in [6, 6.07) is 2.02. The van der Waals surface area contributed by atoms with Crippen LogP contribution in [0.3, 0.4) is 0 Å². The molecule has 90 valence electrons. The van der Waals surface area contributed by atoms with Gasteiger partial charge in [-0.2, -0.15) is 11.8 Å². The van der Waals surface area contributed by atoms with Crippen molar-refractivity contribution < 1.29 is 4.74 Å². The van der Waals surface area contributed by atoms with E-state index in [0.717, 1.165) is 23.7 Å². The van der Waals surface area contributed by atoms with E-state index in [-0.39, 0.29) is 0 Å². The van der Waals surface area contributed by atoms with Crippen molar-refractivity contribution in [2.75, 3.05) is 31.0 Å². The number of nitrogens with zero attached hydrogens (tertiary/aromatic N) is 1. The minimum Gasteiger partial charge on any atom is -0.493 e. The summed E-state index contributed by atoms with van der Waals surface area (Å²) in [6.07, 6.45) is 6.34. The Labute approximate surface area is 102 Å². The summed E-state index contributed by atoms with van der Waals surface area (Å²) >= 11 is 1.90. The highest BCUT2D eigenvalue weighted by atomic mass is 32.2. The summed E-state index contributed by atoms with van der Waals surface area (Å²) in [6.45, 7) is 2.97. The molecule has 1 N–H and O–H groups in total. The van der Waals surface area contributed by atoms with Crippen LogP contribution in [0.15, 0.2) is 12.3 Å². The zero-order valence-electron chi connectivity index (χ0n) is 10.2. The molecule has 0 spiro atoms. The van der Waals surface area contributed by atoms with Crippen molar-refractivity contribution in [2.24, 2.45) is 0 Å². The Bertz CT molecular complexity index is 318. The standard InChI is InChI=1S/C12H20N2OS/c1-10-8-11(12(15-2)9-14-10)13-6-4-5-7-16-3/h8-9H,4-7H2,1-3H3,(H,13,14).